The SMILES string of the molecule is C[C@H]([NH2+]CC(=O)N1CCN(S(=O)(=O)c2ccccc2Cl)CC1)c1ccco1. The highest BCUT2D eigenvalue weighted by Gasteiger charge is 2.31. The summed E-state index contributed by atoms with van der Waals surface area (Å²) < 4.78 is 32.2. The molecule has 3 rings (SSSR count). The zero-order valence-corrected chi connectivity index (χ0v) is 16.6. The van der Waals surface area contributed by atoms with Gasteiger partial charge < -0.3 is 14.6 Å². The number of quaternary nitrogens is 1. The molecule has 1 aliphatic rings. The van der Waals surface area contributed by atoms with Gasteiger partial charge in [-0.1, -0.05) is 23.7 Å². The van der Waals surface area contributed by atoms with Gasteiger partial charge in [0.05, 0.1) is 11.3 Å². The largest absolute Gasteiger partial charge is 0.463 e. The van der Waals surface area contributed by atoms with E-state index in [2.05, 4.69) is 0 Å². The van der Waals surface area contributed by atoms with Crippen molar-refractivity contribution in [1.82, 2.24) is 9.21 Å². The molecule has 0 saturated carbocycles. The van der Waals surface area contributed by atoms with Crippen molar-refractivity contribution in [2.24, 2.45) is 0 Å². The Kier molecular flexibility index (Phi) is 6.21. The number of nitrogens with zero attached hydrogens (tertiary/aromatic N) is 2. The molecular weight excluding hydrogens is 390 g/mol. The second-order valence-corrected chi connectivity index (χ2v) is 8.77. The van der Waals surface area contributed by atoms with Gasteiger partial charge in [0.1, 0.15) is 10.9 Å². The van der Waals surface area contributed by atoms with Crippen LogP contribution in [0.25, 0.3) is 0 Å². The van der Waals surface area contributed by atoms with Gasteiger partial charge in [0.25, 0.3) is 5.91 Å². The molecule has 1 aromatic carbocycles. The summed E-state index contributed by atoms with van der Waals surface area (Å²) >= 11 is 6.04. The summed E-state index contributed by atoms with van der Waals surface area (Å²) in [5.74, 6) is 0.807. The molecule has 2 aromatic rings. The fraction of sp³-hybridized carbons (Fsp3) is 0.389. The molecule has 0 bridgehead atoms. The molecule has 7 nitrogen and oxygen atoms in total. The Bertz CT molecular complexity index is 878. The molecule has 146 valence electrons. The Morgan fingerprint density at radius 1 is 1.19 bits per heavy atom. The van der Waals surface area contributed by atoms with E-state index in [9.17, 15) is 13.2 Å². The Morgan fingerprint density at radius 2 is 1.89 bits per heavy atom. The highest BCUT2D eigenvalue weighted by atomic mass is 35.5. The van der Waals surface area contributed by atoms with Crippen LogP contribution in [0.15, 0.2) is 52.0 Å². The third kappa shape index (κ3) is 4.52. The predicted octanol–water partition coefficient (Wildman–Crippen LogP) is 1.09. The van der Waals surface area contributed by atoms with Gasteiger partial charge in [-0.2, -0.15) is 4.31 Å². The average molecular weight is 413 g/mol. The third-order valence-corrected chi connectivity index (χ3v) is 7.08. The Hall–Kier alpha value is -1.87. The molecule has 1 fully saturated rings. The molecule has 0 unspecified atom stereocenters. The van der Waals surface area contributed by atoms with Crippen molar-refractivity contribution >= 4 is 27.5 Å². The van der Waals surface area contributed by atoms with Gasteiger partial charge in [0.2, 0.25) is 10.0 Å². The van der Waals surface area contributed by atoms with Crippen molar-refractivity contribution in [3.05, 3.63) is 53.4 Å². The van der Waals surface area contributed by atoms with Crippen LogP contribution < -0.4 is 5.32 Å². The number of nitrogens with two attached hydrogens (primary N) is 1. The van der Waals surface area contributed by atoms with Crippen molar-refractivity contribution < 1.29 is 22.9 Å². The maximum atomic E-state index is 12.8. The van der Waals surface area contributed by atoms with Crippen LogP contribution in [0.4, 0.5) is 0 Å². The van der Waals surface area contributed by atoms with E-state index in [1.807, 2.05) is 24.4 Å². The van der Waals surface area contributed by atoms with Crippen molar-refractivity contribution in [3.8, 4) is 0 Å². The third-order valence-electron chi connectivity index (χ3n) is 4.68. The topological polar surface area (TPSA) is 87.4 Å². The van der Waals surface area contributed by atoms with Gasteiger partial charge in [-0.25, -0.2) is 8.42 Å². The van der Waals surface area contributed by atoms with E-state index in [1.165, 1.54) is 10.4 Å². The van der Waals surface area contributed by atoms with Crippen LogP contribution in [0.3, 0.4) is 0 Å². The van der Waals surface area contributed by atoms with Crippen molar-refractivity contribution in [3.63, 3.8) is 0 Å². The van der Waals surface area contributed by atoms with E-state index in [4.69, 9.17) is 16.0 Å². The Balaban J connectivity index is 1.54. The zero-order chi connectivity index (χ0) is 19.4. The lowest BCUT2D eigenvalue weighted by molar-refractivity contribution is -0.685. The molecule has 1 amide bonds. The summed E-state index contributed by atoms with van der Waals surface area (Å²) in [7, 11) is -3.65. The fourth-order valence-electron chi connectivity index (χ4n) is 3.04. The molecule has 27 heavy (non-hydrogen) atoms. The molecular formula is C18H23ClN3O4S+. The lowest BCUT2D eigenvalue weighted by Gasteiger charge is -2.33. The van der Waals surface area contributed by atoms with E-state index in [1.54, 1.807) is 29.4 Å². The second-order valence-electron chi connectivity index (χ2n) is 6.46. The highest BCUT2D eigenvalue weighted by Crippen LogP contribution is 2.24. The minimum absolute atomic E-state index is 0.0109. The van der Waals surface area contributed by atoms with Gasteiger partial charge in [0.15, 0.2) is 12.3 Å². The summed E-state index contributed by atoms with van der Waals surface area (Å²) in [5.41, 5.74) is 0. The van der Waals surface area contributed by atoms with Gasteiger partial charge in [-0.3, -0.25) is 4.79 Å². The first kappa shape index (κ1) is 19.9. The number of amides is 1. The van der Waals surface area contributed by atoms with Gasteiger partial charge >= 0.3 is 0 Å². The first-order valence-corrected chi connectivity index (χ1v) is 10.6. The monoisotopic (exact) mass is 412 g/mol. The molecule has 0 spiro atoms. The number of carbonyl (C=O) groups is 1. The molecule has 2 N–H and O–H groups in total. The second kappa shape index (κ2) is 8.43. The fourth-order valence-corrected chi connectivity index (χ4v) is 4.96. The van der Waals surface area contributed by atoms with Crippen LogP contribution in [0.1, 0.15) is 18.7 Å². The Morgan fingerprint density at radius 3 is 2.52 bits per heavy atom. The summed E-state index contributed by atoms with van der Waals surface area (Å²) in [6.07, 6.45) is 1.61. The number of furan rings is 1. The number of hydrogen-bond acceptors (Lipinski definition) is 4. The first-order valence-electron chi connectivity index (χ1n) is 8.79. The van der Waals surface area contributed by atoms with E-state index < -0.39 is 10.0 Å². The van der Waals surface area contributed by atoms with Crippen molar-refractivity contribution in [2.45, 2.75) is 17.9 Å². The minimum atomic E-state index is -3.65. The first-order chi connectivity index (χ1) is 12.9. The molecule has 1 aromatic heterocycles. The average Bonchev–Trinajstić information content (AvgIpc) is 3.21. The van der Waals surface area contributed by atoms with Crippen LogP contribution in [0.2, 0.25) is 5.02 Å². The van der Waals surface area contributed by atoms with E-state index in [0.29, 0.717) is 19.6 Å². The summed E-state index contributed by atoms with van der Waals surface area (Å²) in [4.78, 5) is 14.2. The van der Waals surface area contributed by atoms with Gasteiger partial charge in [0, 0.05) is 26.2 Å². The number of piperazine rings is 1. The molecule has 1 saturated heterocycles. The van der Waals surface area contributed by atoms with E-state index >= 15 is 0 Å². The number of halogens is 1. The minimum Gasteiger partial charge on any atom is -0.463 e. The lowest BCUT2D eigenvalue weighted by Crippen LogP contribution is -2.87. The van der Waals surface area contributed by atoms with Gasteiger partial charge in [-0.05, 0) is 31.2 Å². The molecule has 0 aliphatic carbocycles. The highest BCUT2D eigenvalue weighted by molar-refractivity contribution is 7.89. The molecule has 1 aliphatic heterocycles. The maximum Gasteiger partial charge on any atom is 0.277 e. The van der Waals surface area contributed by atoms with Crippen molar-refractivity contribution in [1.29, 1.82) is 0 Å². The molecule has 1 atom stereocenters. The number of hydrogen-bond donors (Lipinski definition) is 1. The van der Waals surface area contributed by atoms with E-state index in [-0.39, 0.29) is 35.0 Å². The molecule has 9 heteroatoms. The van der Waals surface area contributed by atoms with Crippen LogP contribution >= 0.6 is 11.6 Å². The number of sulfonamides is 1. The van der Waals surface area contributed by atoms with Crippen LogP contribution in [-0.4, -0.2) is 56.3 Å². The summed E-state index contributed by atoms with van der Waals surface area (Å²) in [5, 5.41) is 2.12. The normalized spacial score (nSPS) is 17.0. The number of benzene rings is 1. The quantitative estimate of drug-likeness (QED) is 0.769. The summed E-state index contributed by atoms with van der Waals surface area (Å²) in [6.45, 7) is 3.51. The zero-order valence-electron chi connectivity index (χ0n) is 15.0. The molecule has 2 heterocycles. The van der Waals surface area contributed by atoms with Crippen LogP contribution in [0.5, 0.6) is 0 Å². The van der Waals surface area contributed by atoms with Crippen molar-refractivity contribution in [2.75, 3.05) is 32.7 Å². The predicted molar refractivity (Wildman–Crippen MR) is 101 cm³/mol. The lowest BCUT2D eigenvalue weighted by atomic mass is 10.2. The number of carbonyl (C=O) groups excluding carboxylic acids is 1. The van der Waals surface area contributed by atoms with Gasteiger partial charge in [-0.15, -0.1) is 0 Å². The van der Waals surface area contributed by atoms with Crippen LogP contribution in [-0.2, 0) is 14.8 Å². The van der Waals surface area contributed by atoms with Crippen LogP contribution in [0, 0.1) is 0 Å². The van der Waals surface area contributed by atoms with E-state index in [0.717, 1.165) is 5.76 Å². The molecule has 0 radical (unpaired) electrons. The summed E-state index contributed by atoms with van der Waals surface area (Å²) in [6, 6.07) is 10.1. The maximum absolute atomic E-state index is 12.8. The standard InChI is InChI=1S/C18H22ClN3O4S/c1-14(16-6-4-12-26-16)20-13-18(23)21-8-10-22(11-9-21)27(24,25)17-7-3-2-5-15(17)19/h2-7,12,14,20H,8-11,13H2,1H3/p+1/t14-/m0/s1. The number of rotatable bonds is 6. The Labute approximate surface area is 163 Å². The smallest absolute Gasteiger partial charge is 0.277 e.